The molecule has 0 amide bonds. The summed E-state index contributed by atoms with van der Waals surface area (Å²) in [6, 6.07) is 11.1. The minimum absolute atomic E-state index is 0.169. The van der Waals surface area contributed by atoms with Gasteiger partial charge in [0.2, 0.25) is 10.0 Å². The van der Waals surface area contributed by atoms with E-state index >= 15 is 0 Å². The predicted octanol–water partition coefficient (Wildman–Crippen LogP) is 1.91. The molecule has 1 aliphatic heterocycles. The summed E-state index contributed by atoms with van der Waals surface area (Å²) in [5.74, 6) is -1.49. The lowest BCUT2D eigenvalue weighted by Crippen LogP contribution is -2.48. The van der Waals surface area contributed by atoms with Crippen LogP contribution in [0.15, 0.2) is 47.4 Å². The standard InChI is InChI=1S/C18H20N2O5S/c1-13-2-5-15(6-3-13)26(24,25)20-10-8-19(9-11-20)14-4-7-17(21)16(12-14)18(22)23/h2-7,12,21H,8-11H2,1H3,(H,22,23). The number of aryl methyl sites for hydroxylation is 1. The first-order valence-electron chi connectivity index (χ1n) is 8.17. The zero-order chi connectivity index (χ0) is 18.9. The van der Waals surface area contributed by atoms with Gasteiger partial charge in [-0.2, -0.15) is 4.31 Å². The van der Waals surface area contributed by atoms with Gasteiger partial charge in [0.15, 0.2) is 0 Å². The van der Waals surface area contributed by atoms with Crippen molar-refractivity contribution in [2.75, 3.05) is 31.1 Å². The molecule has 1 aliphatic rings. The number of carbonyl (C=O) groups is 1. The molecule has 0 saturated carbocycles. The summed E-state index contributed by atoms with van der Waals surface area (Å²) in [5.41, 5.74) is 1.47. The molecule has 1 fully saturated rings. The van der Waals surface area contributed by atoms with E-state index in [-0.39, 0.29) is 16.2 Å². The quantitative estimate of drug-likeness (QED) is 0.846. The summed E-state index contributed by atoms with van der Waals surface area (Å²) < 4.78 is 26.9. The van der Waals surface area contributed by atoms with Gasteiger partial charge < -0.3 is 15.1 Å². The Morgan fingerprint density at radius 1 is 1.00 bits per heavy atom. The molecule has 7 nitrogen and oxygen atoms in total. The summed E-state index contributed by atoms with van der Waals surface area (Å²) >= 11 is 0. The van der Waals surface area contributed by atoms with Gasteiger partial charge in [-0.15, -0.1) is 0 Å². The van der Waals surface area contributed by atoms with Crippen LogP contribution in [0, 0.1) is 6.92 Å². The van der Waals surface area contributed by atoms with E-state index in [4.69, 9.17) is 5.11 Å². The summed E-state index contributed by atoms with van der Waals surface area (Å²) in [7, 11) is -3.54. The predicted molar refractivity (Wildman–Crippen MR) is 97.2 cm³/mol. The summed E-state index contributed by atoms with van der Waals surface area (Å²) in [6.45, 7) is 3.39. The number of sulfonamides is 1. The summed E-state index contributed by atoms with van der Waals surface area (Å²) in [6.07, 6.45) is 0. The van der Waals surface area contributed by atoms with Crippen LogP contribution in [0.3, 0.4) is 0 Å². The monoisotopic (exact) mass is 376 g/mol. The fourth-order valence-electron chi connectivity index (χ4n) is 2.94. The Labute approximate surface area is 152 Å². The largest absolute Gasteiger partial charge is 0.507 e. The van der Waals surface area contributed by atoms with Crippen molar-refractivity contribution >= 4 is 21.7 Å². The molecule has 1 saturated heterocycles. The van der Waals surface area contributed by atoms with Crippen LogP contribution in [0.5, 0.6) is 5.75 Å². The molecular formula is C18H20N2O5S. The number of anilines is 1. The fraction of sp³-hybridized carbons (Fsp3) is 0.278. The van der Waals surface area contributed by atoms with E-state index in [0.29, 0.717) is 31.9 Å². The van der Waals surface area contributed by atoms with Crippen molar-refractivity contribution < 1.29 is 23.4 Å². The molecule has 0 aromatic heterocycles. The number of aromatic hydroxyl groups is 1. The molecule has 0 atom stereocenters. The molecule has 0 aliphatic carbocycles. The number of piperazine rings is 1. The molecule has 26 heavy (non-hydrogen) atoms. The van der Waals surface area contributed by atoms with Crippen LogP contribution in [0.2, 0.25) is 0 Å². The molecule has 2 aromatic rings. The molecule has 0 spiro atoms. The highest BCUT2D eigenvalue weighted by Crippen LogP contribution is 2.26. The van der Waals surface area contributed by atoms with E-state index in [9.17, 15) is 18.3 Å². The van der Waals surface area contributed by atoms with E-state index in [1.165, 1.54) is 16.4 Å². The first-order valence-corrected chi connectivity index (χ1v) is 9.61. The van der Waals surface area contributed by atoms with Crippen LogP contribution in [0.4, 0.5) is 5.69 Å². The van der Waals surface area contributed by atoms with Gasteiger partial charge in [0.25, 0.3) is 0 Å². The Morgan fingerprint density at radius 3 is 2.19 bits per heavy atom. The normalized spacial score (nSPS) is 15.8. The van der Waals surface area contributed by atoms with E-state index < -0.39 is 16.0 Å². The Morgan fingerprint density at radius 2 is 1.62 bits per heavy atom. The minimum atomic E-state index is -3.54. The van der Waals surface area contributed by atoms with E-state index in [0.717, 1.165) is 5.56 Å². The minimum Gasteiger partial charge on any atom is -0.507 e. The number of hydrogen-bond acceptors (Lipinski definition) is 5. The number of hydrogen-bond donors (Lipinski definition) is 2. The van der Waals surface area contributed by atoms with Crippen molar-refractivity contribution in [1.82, 2.24) is 4.31 Å². The highest BCUT2D eigenvalue weighted by atomic mass is 32.2. The average molecular weight is 376 g/mol. The Bertz CT molecular complexity index is 917. The molecule has 3 rings (SSSR count). The molecule has 2 N–H and O–H groups in total. The van der Waals surface area contributed by atoms with Gasteiger partial charge in [-0.1, -0.05) is 17.7 Å². The zero-order valence-corrected chi connectivity index (χ0v) is 15.1. The number of rotatable bonds is 4. The highest BCUT2D eigenvalue weighted by molar-refractivity contribution is 7.89. The van der Waals surface area contributed by atoms with Crippen molar-refractivity contribution in [3.8, 4) is 5.75 Å². The summed E-state index contributed by atoms with van der Waals surface area (Å²) in [4.78, 5) is 13.3. The maximum absolute atomic E-state index is 12.7. The molecular weight excluding hydrogens is 356 g/mol. The SMILES string of the molecule is Cc1ccc(S(=O)(=O)N2CCN(c3ccc(O)c(C(=O)O)c3)CC2)cc1. The van der Waals surface area contributed by atoms with Crippen molar-refractivity contribution in [2.24, 2.45) is 0 Å². The van der Waals surface area contributed by atoms with Gasteiger partial charge in [-0.3, -0.25) is 0 Å². The van der Waals surface area contributed by atoms with Crippen LogP contribution in [-0.4, -0.2) is 55.1 Å². The molecule has 2 aromatic carbocycles. The second kappa shape index (κ2) is 6.97. The van der Waals surface area contributed by atoms with Crippen LogP contribution < -0.4 is 4.90 Å². The number of carboxylic acids is 1. The van der Waals surface area contributed by atoms with Gasteiger partial charge in [0, 0.05) is 31.9 Å². The van der Waals surface area contributed by atoms with Crippen molar-refractivity contribution in [2.45, 2.75) is 11.8 Å². The Kier molecular flexibility index (Phi) is 4.88. The Balaban J connectivity index is 1.74. The van der Waals surface area contributed by atoms with E-state index in [1.54, 1.807) is 30.3 Å². The lowest BCUT2D eigenvalue weighted by molar-refractivity contribution is 0.0693. The molecule has 0 unspecified atom stereocenters. The van der Waals surface area contributed by atoms with Gasteiger partial charge >= 0.3 is 5.97 Å². The van der Waals surface area contributed by atoms with Crippen molar-refractivity contribution in [3.05, 3.63) is 53.6 Å². The third-order valence-electron chi connectivity index (χ3n) is 4.47. The molecule has 8 heteroatoms. The smallest absolute Gasteiger partial charge is 0.339 e. The van der Waals surface area contributed by atoms with Gasteiger partial charge in [-0.05, 0) is 37.3 Å². The lowest BCUT2D eigenvalue weighted by atomic mass is 10.1. The van der Waals surface area contributed by atoms with Crippen LogP contribution in [0.25, 0.3) is 0 Å². The summed E-state index contributed by atoms with van der Waals surface area (Å²) in [5, 5.41) is 18.7. The maximum atomic E-state index is 12.7. The molecule has 0 radical (unpaired) electrons. The average Bonchev–Trinajstić information content (AvgIpc) is 2.62. The number of nitrogens with zero attached hydrogens (tertiary/aromatic N) is 2. The number of aromatic carboxylic acids is 1. The van der Waals surface area contributed by atoms with E-state index in [2.05, 4.69) is 0 Å². The molecule has 138 valence electrons. The van der Waals surface area contributed by atoms with Crippen LogP contribution in [0.1, 0.15) is 15.9 Å². The maximum Gasteiger partial charge on any atom is 0.339 e. The second-order valence-electron chi connectivity index (χ2n) is 6.21. The number of benzene rings is 2. The lowest BCUT2D eigenvalue weighted by Gasteiger charge is -2.35. The highest BCUT2D eigenvalue weighted by Gasteiger charge is 2.28. The van der Waals surface area contributed by atoms with Crippen LogP contribution >= 0.6 is 0 Å². The van der Waals surface area contributed by atoms with Gasteiger partial charge in [0.05, 0.1) is 4.90 Å². The molecule has 0 bridgehead atoms. The number of phenols is 1. The third kappa shape index (κ3) is 3.51. The molecule has 1 heterocycles. The third-order valence-corrected chi connectivity index (χ3v) is 6.39. The Hall–Kier alpha value is -2.58. The first-order chi connectivity index (χ1) is 12.3. The topological polar surface area (TPSA) is 98.2 Å². The zero-order valence-electron chi connectivity index (χ0n) is 14.3. The van der Waals surface area contributed by atoms with Crippen molar-refractivity contribution in [1.29, 1.82) is 0 Å². The second-order valence-corrected chi connectivity index (χ2v) is 8.15. The van der Waals surface area contributed by atoms with E-state index in [1.807, 2.05) is 11.8 Å². The van der Waals surface area contributed by atoms with Gasteiger partial charge in [-0.25, -0.2) is 13.2 Å². The first kappa shape index (κ1) is 18.2. The van der Waals surface area contributed by atoms with Gasteiger partial charge in [0.1, 0.15) is 11.3 Å². The van der Waals surface area contributed by atoms with Crippen LogP contribution in [-0.2, 0) is 10.0 Å². The fourth-order valence-corrected chi connectivity index (χ4v) is 4.36. The number of carboxylic acid groups (broad SMARTS) is 1. The van der Waals surface area contributed by atoms with Crippen molar-refractivity contribution in [3.63, 3.8) is 0 Å².